The van der Waals surface area contributed by atoms with Crippen LogP contribution in [-0.4, -0.2) is 16.1 Å². The minimum atomic E-state index is 0.452. The van der Waals surface area contributed by atoms with Gasteiger partial charge in [0.15, 0.2) is 5.58 Å². The van der Waals surface area contributed by atoms with Crippen molar-refractivity contribution in [3.8, 4) is 5.69 Å². The number of nitrogens with zero attached hydrogens (tertiary/aromatic N) is 3. The van der Waals surface area contributed by atoms with E-state index in [2.05, 4.69) is 77.4 Å². The molecular weight excluding hydrogens is 492 g/mol. The Bertz CT molecular complexity index is 2210. The maximum Gasteiger partial charge on any atom is 0.160 e. The van der Waals surface area contributed by atoms with Crippen molar-refractivity contribution >= 4 is 66.7 Å². The number of fused-ring (bicyclic) bond motifs is 8. The third-order valence-electron chi connectivity index (χ3n) is 7.55. The first-order valence-corrected chi connectivity index (χ1v) is 13.3. The van der Waals surface area contributed by atoms with Crippen molar-refractivity contribution < 1.29 is 4.42 Å². The summed E-state index contributed by atoms with van der Waals surface area (Å²) in [4.78, 5) is 4.85. The van der Waals surface area contributed by atoms with Crippen molar-refractivity contribution in [3.63, 3.8) is 0 Å². The zero-order valence-corrected chi connectivity index (χ0v) is 21.7. The maximum absolute atomic E-state index is 7.99. The summed E-state index contributed by atoms with van der Waals surface area (Å²) in [5.74, 6) is 0.639. The van der Waals surface area contributed by atoms with E-state index >= 15 is 0 Å². The highest BCUT2D eigenvalue weighted by Crippen LogP contribution is 2.41. The van der Waals surface area contributed by atoms with Crippen LogP contribution >= 0.6 is 0 Å². The first-order valence-electron chi connectivity index (χ1n) is 13.3. The minimum absolute atomic E-state index is 0.452. The van der Waals surface area contributed by atoms with Crippen LogP contribution in [0.1, 0.15) is 18.1 Å². The Morgan fingerprint density at radius 1 is 0.775 bits per heavy atom. The molecule has 1 aliphatic heterocycles. The molecule has 0 fully saturated rings. The Morgan fingerprint density at radius 2 is 1.50 bits per heavy atom. The molecule has 5 nitrogen and oxygen atoms in total. The van der Waals surface area contributed by atoms with Gasteiger partial charge in [0.1, 0.15) is 5.58 Å². The van der Waals surface area contributed by atoms with E-state index < -0.39 is 0 Å². The van der Waals surface area contributed by atoms with Crippen molar-refractivity contribution in [2.45, 2.75) is 6.92 Å². The summed E-state index contributed by atoms with van der Waals surface area (Å²) in [5, 5.41) is 17.4. The smallest absolute Gasteiger partial charge is 0.160 e. The molecule has 0 unspecified atom stereocenters. The SMILES string of the molecule is CC(=N)/C=C1\[N-]C(c2ccc(-n3c4ccccc4c4ccc5c6ccccc6oc5c43)cc2)=Nc2ccccc21. The number of aromatic nitrogens is 1. The second kappa shape index (κ2) is 8.55. The number of allylic oxidation sites excluding steroid dienone is 1. The Labute approximate surface area is 230 Å². The molecule has 1 N–H and O–H groups in total. The number of amidine groups is 1. The Kier molecular flexibility index (Phi) is 4.82. The minimum Gasteiger partial charge on any atom is -0.454 e. The van der Waals surface area contributed by atoms with Crippen LogP contribution in [0.3, 0.4) is 0 Å². The Morgan fingerprint density at radius 3 is 2.35 bits per heavy atom. The highest BCUT2D eigenvalue weighted by Gasteiger charge is 2.19. The fourth-order valence-corrected chi connectivity index (χ4v) is 5.80. The fourth-order valence-electron chi connectivity index (χ4n) is 5.80. The van der Waals surface area contributed by atoms with Crippen LogP contribution < -0.4 is 0 Å². The molecule has 0 aliphatic carbocycles. The van der Waals surface area contributed by atoms with Gasteiger partial charge in [0, 0.05) is 32.9 Å². The van der Waals surface area contributed by atoms with Gasteiger partial charge in [-0.2, -0.15) is 0 Å². The third kappa shape index (κ3) is 3.34. The summed E-state index contributed by atoms with van der Waals surface area (Å²) in [6.45, 7) is 1.76. The number of aliphatic imine (C=N–C) groups is 1. The summed E-state index contributed by atoms with van der Waals surface area (Å²) < 4.78 is 8.76. The van der Waals surface area contributed by atoms with Crippen molar-refractivity contribution in [1.29, 1.82) is 5.41 Å². The lowest BCUT2D eigenvalue weighted by Crippen LogP contribution is -2.06. The molecule has 0 spiro atoms. The summed E-state index contributed by atoms with van der Waals surface area (Å²) in [6, 6.07) is 37.4. The predicted octanol–water partition coefficient (Wildman–Crippen LogP) is 9.53. The lowest BCUT2D eigenvalue weighted by Gasteiger charge is -2.30. The molecule has 5 heteroatoms. The second-order valence-electron chi connectivity index (χ2n) is 10.1. The topological polar surface area (TPSA) is 68.4 Å². The standard InChI is InChI=1S/C35H23N4O/c1-21(36)20-30-28-10-2-5-11-29(28)37-35(38-30)22-14-16-23(17-15-22)39-31-12-6-3-8-24(31)26-18-19-27-25-9-4-7-13-32(25)40-34(27)33(26)39/h2-20,36H,1H3/q-1/b30-20-,36-21?. The van der Waals surface area contributed by atoms with E-state index in [9.17, 15) is 0 Å². The van der Waals surface area contributed by atoms with Crippen LogP contribution in [0, 0.1) is 5.41 Å². The number of furan rings is 1. The zero-order chi connectivity index (χ0) is 26.8. The van der Waals surface area contributed by atoms with Gasteiger partial charge < -0.3 is 24.7 Å². The van der Waals surface area contributed by atoms with Crippen molar-refractivity contribution in [2.75, 3.05) is 0 Å². The Balaban J connectivity index is 1.32. The first-order chi connectivity index (χ1) is 19.7. The average Bonchev–Trinajstić information content (AvgIpc) is 3.53. The monoisotopic (exact) mass is 515 g/mol. The average molecular weight is 516 g/mol. The second-order valence-corrected chi connectivity index (χ2v) is 10.1. The van der Waals surface area contributed by atoms with E-state index in [1.807, 2.05) is 36.4 Å². The number of nitrogens with one attached hydrogen (secondary N) is 1. The van der Waals surface area contributed by atoms with Crippen LogP contribution in [0.5, 0.6) is 0 Å². The van der Waals surface area contributed by atoms with Gasteiger partial charge in [-0.3, -0.25) is 0 Å². The highest BCUT2D eigenvalue weighted by atomic mass is 16.3. The van der Waals surface area contributed by atoms with E-state index in [-0.39, 0.29) is 0 Å². The van der Waals surface area contributed by atoms with Gasteiger partial charge in [-0.15, -0.1) is 0 Å². The quantitative estimate of drug-likeness (QED) is 0.234. The van der Waals surface area contributed by atoms with Gasteiger partial charge in [-0.25, -0.2) is 0 Å². The molecule has 2 aromatic heterocycles. The van der Waals surface area contributed by atoms with Gasteiger partial charge in [0.25, 0.3) is 0 Å². The van der Waals surface area contributed by atoms with Crippen LogP contribution in [-0.2, 0) is 0 Å². The maximum atomic E-state index is 7.99. The molecule has 0 amide bonds. The summed E-state index contributed by atoms with van der Waals surface area (Å²) in [5.41, 5.74) is 8.92. The molecule has 3 heterocycles. The van der Waals surface area contributed by atoms with Crippen LogP contribution in [0.4, 0.5) is 5.69 Å². The molecule has 7 aromatic rings. The molecule has 8 rings (SSSR count). The molecule has 0 saturated carbocycles. The molecule has 1 aliphatic rings. The fraction of sp³-hybridized carbons (Fsp3) is 0.0286. The van der Waals surface area contributed by atoms with Crippen molar-refractivity contribution in [3.05, 3.63) is 132 Å². The molecule has 0 atom stereocenters. The van der Waals surface area contributed by atoms with Crippen LogP contribution in [0.2, 0.25) is 0 Å². The van der Waals surface area contributed by atoms with E-state index in [0.29, 0.717) is 11.5 Å². The lowest BCUT2D eigenvalue weighted by molar-refractivity contribution is 0.671. The van der Waals surface area contributed by atoms with E-state index in [4.69, 9.17) is 20.1 Å². The molecule has 190 valence electrons. The van der Waals surface area contributed by atoms with Gasteiger partial charge in [-0.1, -0.05) is 84.7 Å². The number of rotatable bonds is 3. The third-order valence-corrected chi connectivity index (χ3v) is 7.55. The van der Waals surface area contributed by atoms with Crippen LogP contribution in [0.25, 0.3) is 60.4 Å². The number of hydrogen-bond acceptors (Lipinski definition) is 3. The Hall–Kier alpha value is -5.42. The van der Waals surface area contributed by atoms with E-state index in [0.717, 1.165) is 66.6 Å². The molecule has 0 bridgehead atoms. The summed E-state index contributed by atoms with van der Waals surface area (Å²) in [7, 11) is 0. The van der Waals surface area contributed by atoms with Gasteiger partial charge in [0.05, 0.1) is 11.0 Å². The van der Waals surface area contributed by atoms with Gasteiger partial charge >= 0.3 is 0 Å². The molecule has 5 aromatic carbocycles. The lowest BCUT2D eigenvalue weighted by atomic mass is 10.0. The number of hydrogen-bond donors (Lipinski definition) is 1. The van der Waals surface area contributed by atoms with Gasteiger partial charge in [0.2, 0.25) is 0 Å². The van der Waals surface area contributed by atoms with Gasteiger partial charge in [-0.05, 0) is 65.8 Å². The molecule has 0 radical (unpaired) electrons. The largest absolute Gasteiger partial charge is 0.454 e. The number of para-hydroxylation sites is 3. The highest BCUT2D eigenvalue weighted by molar-refractivity contribution is 6.23. The molecule has 40 heavy (non-hydrogen) atoms. The normalized spacial score (nSPS) is 14.1. The van der Waals surface area contributed by atoms with Crippen molar-refractivity contribution in [2.24, 2.45) is 4.99 Å². The van der Waals surface area contributed by atoms with E-state index in [1.54, 1.807) is 13.0 Å². The summed E-state index contributed by atoms with van der Waals surface area (Å²) >= 11 is 0. The molecule has 0 saturated heterocycles. The predicted molar refractivity (Wildman–Crippen MR) is 165 cm³/mol. The summed E-state index contributed by atoms with van der Waals surface area (Å²) in [6.07, 6.45) is 1.79. The van der Waals surface area contributed by atoms with Crippen LogP contribution in [0.15, 0.2) is 125 Å². The number of benzene rings is 5. The van der Waals surface area contributed by atoms with Crippen molar-refractivity contribution in [1.82, 2.24) is 4.57 Å². The zero-order valence-electron chi connectivity index (χ0n) is 21.7. The molecular formula is C35H23N4O-. The first kappa shape index (κ1) is 22.6. The van der Waals surface area contributed by atoms with E-state index in [1.165, 1.54) is 5.39 Å².